The molecule has 1 atom stereocenters. The van der Waals surface area contributed by atoms with Gasteiger partial charge in [-0.15, -0.1) is 5.10 Å². The fourth-order valence-corrected chi connectivity index (χ4v) is 3.48. The maximum Gasteiger partial charge on any atom is 0.412 e. The summed E-state index contributed by atoms with van der Waals surface area (Å²) >= 11 is 0. The summed E-state index contributed by atoms with van der Waals surface area (Å²) in [5.41, 5.74) is 1.55. The molecular formula is C19H20FN5O2. The molecule has 140 valence electrons. The average Bonchev–Trinajstić information content (AvgIpc) is 3.29. The van der Waals surface area contributed by atoms with Gasteiger partial charge >= 0.3 is 6.09 Å². The molecule has 3 heterocycles. The topological polar surface area (TPSA) is 71.8 Å². The lowest BCUT2D eigenvalue weighted by Crippen LogP contribution is -2.24. The van der Waals surface area contributed by atoms with E-state index in [0.29, 0.717) is 11.5 Å². The van der Waals surface area contributed by atoms with Crippen molar-refractivity contribution in [2.75, 3.05) is 23.4 Å². The van der Waals surface area contributed by atoms with Crippen molar-refractivity contribution in [3.05, 3.63) is 54.0 Å². The first-order chi connectivity index (χ1) is 13.2. The van der Waals surface area contributed by atoms with E-state index in [1.54, 1.807) is 23.6 Å². The zero-order valence-electron chi connectivity index (χ0n) is 14.9. The van der Waals surface area contributed by atoms with E-state index >= 15 is 0 Å². The Balaban J connectivity index is 1.65. The second-order valence-electron chi connectivity index (χ2n) is 6.36. The standard InChI is InChI=1S/C19H20FN5O2/c1-2-27-19(26)22-18-12-21-16-8-9-17(23-25(16)18)24-10-4-7-15(24)13-5-3-6-14(20)11-13/h3,5-6,8-9,11-12,15H,2,4,7,10H2,1H3,(H,22,26)/t15-/m1/s1. The number of rotatable bonds is 4. The summed E-state index contributed by atoms with van der Waals surface area (Å²) in [4.78, 5) is 18.1. The van der Waals surface area contributed by atoms with E-state index in [0.717, 1.165) is 30.8 Å². The molecule has 1 amide bonds. The molecule has 27 heavy (non-hydrogen) atoms. The zero-order valence-corrected chi connectivity index (χ0v) is 14.9. The van der Waals surface area contributed by atoms with E-state index < -0.39 is 6.09 Å². The van der Waals surface area contributed by atoms with Crippen molar-refractivity contribution in [2.45, 2.75) is 25.8 Å². The molecule has 0 saturated carbocycles. The number of hydrogen-bond donors (Lipinski definition) is 1. The predicted octanol–water partition coefficient (Wildman–Crippen LogP) is 3.78. The highest BCUT2D eigenvalue weighted by atomic mass is 19.1. The van der Waals surface area contributed by atoms with Crippen molar-refractivity contribution >= 4 is 23.4 Å². The van der Waals surface area contributed by atoms with E-state index in [1.807, 2.05) is 18.2 Å². The number of fused-ring (bicyclic) bond motifs is 1. The van der Waals surface area contributed by atoms with E-state index in [2.05, 4.69) is 20.3 Å². The van der Waals surface area contributed by atoms with Gasteiger partial charge in [0.05, 0.1) is 18.8 Å². The number of nitrogens with one attached hydrogen (secondary N) is 1. The lowest BCUT2D eigenvalue weighted by molar-refractivity contribution is 0.167. The molecule has 1 aromatic carbocycles. The van der Waals surface area contributed by atoms with Gasteiger partial charge in [-0.25, -0.2) is 14.2 Å². The Morgan fingerprint density at radius 3 is 3.07 bits per heavy atom. The van der Waals surface area contributed by atoms with E-state index in [9.17, 15) is 9.18 Å². The average molecular weight is 369 g/mol. The van der Waals surface area contributed by atoms with Gasteiger partial charge in [0.1, 0.15) is 11.6 Å². The van der Waals surface area contributed by atoms with Gasteiger partial charge in [-0.2, -0.15) is 4.52 Å². The highest BCUT2D eigenvalue weighted by Crippen LogP contribution is 2.35. The van der Waals surface area contributed by atoms with Gasteiger partial charge in [-0.05, 0) is 49.6 Å². The first kappa shape index (κ1) is 17.3. The molecule has 3 aromatic rings. The maximum absolute atomic E-state index is 13.7. The Morgan fingerprint density at radius 1 is 1.37 bits per heavy atom. The third kappa shape index (κ3) is 3.42. The number of nitrogens with zero attached hydrogens (tertiary/aromatic N) is 4. The molecule has 8 heteroatoms. The molecule has 0 bridgehead atoms. The predicted molar refractivity (Wildman–Crippen MR) is 99.4 cm³/mol. The van der Waals surface area contributed by atoms with Crippen LogP contribution in [0, 0.1) is 5.82 Å². The molecule has 1 saturated heterocycles. The zero-order chi connectivity index (χ0) is 18.8. The maximum atomic E-state index is 13.7. The van der Waals surface area contributed by atoms with Gasteiger partial charge in [0.25, 0.3) is 0 Å². The van der Waals surface area contributed by atoms with Crippen LogP contribution in [0.3, 0.4) is 0 Å². The Bertz CT molecular complexity index is 974. The number of aromatic nitrogens is 3. The molecule has 7 nitrogen and oxygen atoms in total. The fourth-order valence-electron chi connectivity index (χ4n) is 3.48. The van der Waals surface area contributed by atoms with Gasteiger partial charge in [0.2, 0.25) is 0 Å². The van der Waals surface area contributed by atoms with Gasteiger partial charge in [-0.3, -0.25) is 5.32 Å². The molecule has 1 fully saturated rings. The SMILES string of the molecule is CCOC(=O)Nc1cnc2ccc(N3CCC[C@@H]3c3cccc(F)c3)nn12. The van der Waals surface area contributed by atoms with Crippen LogP contribution in [0.1, 0.15) is 31.4 Å². The summed E-state index contributed by atoms with van der Waals surface area (Å²) in [6, 6.07) is 10.5. The molecule has 1 N–H and O–H groups in total. The summed E-state index contributed by atoms with van der Waals surface area (Å²) in [6.07, 6.45) is 2.92. The summed E-state index contributed by atoms with van der Waals surface area (Å²) in [5.74, 6) is 0.948. The molecule has 4 rings (SSSR count). The lowest BCUT2D eigenvalue weighted by Gasteiger charge is -2.26. The van der Waals surface area contributed by atoms with Crippen LogP contribution in [-0.2, 0) is 4.74 Å². The van der Waals surface area contributed by atoms with E-state index in [1.165, 1.54) is 12.3 Å². The van der Waals surface area contributed by atoms with Gasteiger partial charge in [0.15, 0.2) is 11.5 Å². The summed E-state index contributed by atoms with van der Waals surface area (Å²) in [5, 5.41) is 7.29. The fraction of sp³-hybridized carbons (Fsp3) is 0.316. The van der Waals surface area contributed by atoms with Gasteiger partial charge in [0, 0.05) is 6.54 Å². The summed E-state index contributed by atoms with van der Waals surface area (Å²) in [6.45, 7) is 2.85. The molecule has 0 aliphatic carbocycles. The van der Waals surface area contributed by atoms with E-state index in [-0.39, 0.29) is 18.5 Å². The van der Waals surface area contributed by atoms with Crippen LogP contribution < -0.4 is 10.2 Å². The first-order valence-electron chi connectivity index (χ1n) is 8.96. The van der Waals surface area contributed by atoms with Crippen molar-refractivity contribution in [2.24, 2.45) is 0 Å². The lowest BCUT2D eigenvalue weighted by atomic mass is 10.0. The van der Waals surface area contributed by atoms with Crippen molar-refractivity contribution in [1.82, 2.24) is 14.6 Å². The highest BCUT2D eigenvalue weighted by molar-refractivity contribution is 5.83. The van der Waals surface area contributed by atoms with Crippen LogP contribution in [0.5, 0.6) is 0 Å². The summed E-state index contributed by atoms with van der Waals surface area (Å²) < 4.78 is 20.1. The Kier molecular flexibility index (Phi) is 4.62. The number of ether oxygens (including phenoxy) is 1. The molecule has 0 unspecified atom stereocenters. The number of carbonyl (C=O) groups is 1. The molecule has 0 spiro atoms. The normalized spacial score (nSPS) is 16.7. The molecular weight excluding hydrogens is 349 g/mol. The van der Waals surface area contributed by atoms with Crippen LogP contribution in [0.4, 0.5) is 20.8 Å². The Labute approximate surface area is 155 Å². The van der Waals surface area contributed by atoms with Crippen LogP contribution in [0.25, 0.3) is 5.65 Å². The largest absolute Gasteiger partial charge is 0.450 e. The second-order valence-corrected chi connectivity index (χ2v) is 6.36. The number of benzene rings is 1. The number of anilines is 2. The van der Waals surface area contributed by atoms with Crippen molar-refractivity contribution in [1.29, 1.82) is 0 Å². The van der Waals surface area contributed by atoms with Gasteiger partial charge in [-0.1, -0.05) is 12.1 Å². The van der Waals surface area contributed by atoms with Crippen molar-refractivity contribution in [3.63, 3.8) is 0 Å². The Morgan fingerprint density at radius 2 is 2.26 bits per heavy atom. The smallest absolute Gasteiger partial charge is 0.412 e. The van der Waals surface area contributed by atoms with Gasteiger partial charge < -0.3 is 9.64 Å². The first-order valence-corrected chi connectivity index (χ1v) is 8.96. The van der Waals surface area contributed by atoms with Crippen LogP contribution in [0.15, 0.2) is 42.6 Å². The number of hydrogen-bond acceptors (Lipinski definition) is 5. The minimum atomic E-state index is -0.551. The highest BCUT2D eigenvalue weighted by Gasteiger charge is 2.28. The van der Waals surface area contributed by atoms with Crippen LogP contribution in [-0.4, -0.2) is 33.8 Å². The minimum absolute atomic E-state index is 0.0654. The van der Waals surface area contributed by atoms with E-state index in [4.69, 9.17) is 4.74 Å². The van der Waals surface area contributed by atoms with Crippen molar-refractivity contribution in [3.8, 4) is 0 Å². The van der Waals surface area contributed by atoms with Crippen LogP contribution >= 0.6 is 0 Å². The number of halogens is 1. The third-order valence-corrected chi connectivity index (χ3v) is 4.63. The molecule has 1 aliphatic rings. The number of imidazole rings is 1. The number of amides is 1. The van der Waals surface area contributed by atoms with Crippen LogP contribution in [0.2, 0.25) is 0 Å². The molecule has 2 aromatic heterocycles. The minimum Gasteiger partial charge on any atom is -0.450 e. The van der Waals surface area contributed by atoms with Crippen molar-refractivity contribution < 1.29 is 13.9 Å². The number of carbonyl (C=O) groups excluding carboxylic acids is 1. The monoisotopic (exact) mass is 369 g/mol. The quantitative estimate of drug-likeness (QED) is 0.758. The molecule has 0 radical (unpaired) electrons. The molecule has 1 aliphatic heterocycles. The Hall–Kier alpha value is -3.16. The summed E-state index contributed by atoms with van der Waals surface area (Å²) in [7, 11) is 0. The second kappa shape index (κ2) is 7.22. The third-order valence-electron chi connectivity index (χ3n) is 4.63.